The van der Waals surface area contributed by atoms with Crippen LogP contribution >= 0.6 is 0 Å². The Kier molecular flexibility index (Phi) is 3.31. The fourth-order valence-corrected chi connectivity index (χ4v) is 1.65. The van der Waals surface area contributed by atoms with Gasteiger partial charge in [-0.3, -0.25) is 0 Å². The van der Waals surface area contributed by atoms with Crippen LogP contribution in [-0.4, -0.2) is 10.2 Å². The molecule has 2 rings (SSSR count). The van der Waals surface area contributed by atoms with Crippen molar-refractivity contribution in [2.24, 2.45) is 0 Å². The number of phenols is 2. The smallest absolute Gasteiger partial charge is 0.119 e. The van der Waals surface area contributed by atoms with Crippen molar-refractivity contribution in [2.75, 3.05) is 0 Å². The van der Waals surface area contributed by atoms with Crippen LogP contribution in [-0.2, 0) is 0 Å². The number of allylic oxidation sites excluding steroid dienone is 1. The lowest BCUT2D eigenvalue weighted by Crippen LogP contribution is -1.82. The normalized spacial score (nSPS) is 10.9. The van der Waals surface area contributed by atoms with Gasteiger partial charge in [-0.25, -0.2) is 0 Å². The zero-order chi connectivity index (χ0) is 13.0. The van der Waals surface area contributed by atoms with Gasteiger partial charge in [-0.2, -0.15) is 5.26 Å². The Labute approximate surface area is 105 Å². The number of rotatable bonds is 2. The summed E-state index contributed by atoms with van der Waals surface area (Å²) < 4.78 is 0. The predicted octanol–water partition coefficient (Wildman–Crippen LogP) is 3.16. The molecule has 0 spiro atoms. The second kappa shape index (κ2) is 5.07. The van der Waals surface area contributed by atoms with Gasteiger partial charge in [0, 0.05) is 6.07 Å². The molecule has 2 N–H and O–H groups in total. The Hall–Kier alpha value is -2.73. The van der Waals surface area contributed by atoms with E-state index in [0.717, 1.165) is 5.56 Å². The van der Waals surface area contributed by atoms with Gasteiger partial charge >= 0.3 is 0 Å². The van der Waals surface area contributed by atoms with Gasteiger partial charge in [-0.1, -0.05) is 30.3 Å². The van der Waals surface area contributed by atoms with Crippen molar-refractivity contribution in [1.82, 2.24) is 0 Å². The van der Waals surface area contributed by atoms with Gasteiger partial charge < -0.3 is 10.2 Å². The second-order valence-corrected chi connectivity index (χ2v) is 3.82. The fourth-order valence-electron chi connectivity index (χ4n) is 1.65. The molecule has 88 valence electrons. The number of nitriles is 1. The lowest BCUT2D eigenvalue weighted by Gasteiger charge is -2.02. The van der Waals surface area contributed by atoms with Crippen molar-refractivity contribution in [3.8, 4) is 17.6 Å². The van der Waals surface area contributed by atoms with Gasteiger partial charge in [0.2, 0.25) is 0 Å². The third-order valence-corrected chi connectivity index (χ3v) is 2.44. The van der Waals surface area contributed by atoms with Gasteiger partial charge in [0.1, 0.15) is 11.5 Å². The Morgan fingerprint density at radius 1 is 1.00 bits per heavy atom. The average Bonchev–Trinajstić information content (AvgIpc) is 2.36. The maximum Gasteiger partial charge on any atom is 0.119 e. The Morgan fingerprint density at radius 3 is 2.17 bits per heavy atom. The van der Waals surface area contributed by atoms with Crippen molar-refractivity contribution in [1.29, 1.82) is 5.26 Å². The molecule has 0 atom stereocenters. The molecule has 0 saturated heterocycles. The molecule has 0 bridgehead atoms. The highest BCUT2D eigenvalue weighted by Crippen LogP contribution is 2.26. The Balaban J connectivity index is 2.46. The lowest BCUT2D eigenvalue weighted by molar-refractivity contribution is 0.450. The molecular formula is C15H11NO2. The van der Waals surface area contributed by atoms with Crippen LogP contribution in [0.15, 0.2) is 48.5 Å². The van der Waals surface area contributed by atoms with Crippen molar-refractivity contribution in [3.05, 3.63) is 59.7 Å². The number of aromatic hydroxyl groups is 2. The zero-order valence-electron chi connectivity index (χ0n) is 9.54. The van der Waals surface area contributed by atoms with Crippen LogP contribution in [0.3, 0.4) is 0 Å². The quantitative estimate of drug-likeness (QED) is 0.622. The van der Waals surface area contributed by atoms with Crippen LogP contribution in [0.2, 0.25) is 0 Å². The molecular weight excluding hydrogens is 226 g/mol. The minimum Gasteiger partial charge on any atom is -0.508 e. The lowest BCUT2D eigenvalue weighted by atomic mass is 10.0. The first kappa shape index (κ1) is 11.7. The molecule has 0 unspecified atom stereocenters. The van der Waals surface area contributed by atoms with E-state index in [1.54, 1.807) is 6.08 Å². The molecule has 18 heavy (non-hydrogen) atoms. The molecule has 0 aliphatic rings. The van der Waals surface area contributed by atoms with Crippen LogP contribution < -0.4 is 0 Å². The SMILES string of the molecule is N#C/C(=C\c1ccccc1)c1cc(O)cc(O)c1. The van der Waals surface area contributed by atoms with Gasteiger partial charge in [-0.05, 0) is 29.3 Å². The highest BCUT2D eigenvalue weighted by atomic mass is 16.3. The topological polar surface area (TPSA) is 64.2 Å². The molecule has 0 aromatic heterocycles. The summed E-state index contributed by atoms with van der Waals surface area (Å²) in [6.07, 6.45) is 1.70. The summed E-state index contributed by atoms with van der Waals surface area (Å²) in [4.78, 5) is 0. The second-order valence-electron chi connectivity index (χ2n) is 3.82. The van der Waals surface area contributed by atoms with E-state index < -0.39 is 0 Å². The predicted molar refractivity (Wildman–Crippen MR) is 69.7 cm³/mol. The maximum atomic E-state index is 9.41. The molecule has 0 amide bonds. The molecule has 3 heteroatoms. The Bertz CT molecular complexity index is 604. The summed E-state index contributed by atoms with van der Waals surface area (Å²) in [6.45, 7) is 0. The van der Waals surface area contributed by atoms with Crippen LogP contribution in [0, 0.1) is 11.3 Å². The first-order valence-electron chi connectivity index (χ1n) is 5.39. The number of hydrogen-bond acceptors (Lipinski definition) is 3. The maximum absolute atomic E-state index is 9.41. The van der Waals surface area contributed by atoms with E-state index in [9.17, 15) is 10.2 Å². The van der Waals surface area contributed by atoms with Crippen LogP contribution in [0.25, 0.3) is 11.6 Å². The molecule has 0 radical (unpaired) electrons. The summed E-state index contributed by atoms with van der Waals surface area (Å²) in [5.41, 5.74) is 1.75. The van der Waals surface area contributed by atoms with Crippen LogP contribution in [0.1, 0.15) is 11.1 Å². The van der Waals surface area contributed by atoms with E-state index in [-0.39, 0.29) is 11.5 Å². The molecule has 3 nitrogen and oxygen atoms in total. The van der Waals surface area contributed by atoms with Crippen molar-refractivity contribution >= 4 is 11.6 Å². The first-order chi connectivity index (χ1) is 8.69. The van der Waals surface area contributed by atoms with Gasteiger partial charge in [0.25, 0.3) is 0 Å². The van der Waals surface area contributed by atoms with Crippen LogP contribution in [0.4, 0.5) is 0 Å². The van der Waals surface area contributed by atoms with Crippen molar-refractivity contribution in [3.63, 3.8) is 0 Å². The van der Waals surface area contributed by atoms with Gasteiger partial charge in [-0.15, -0.1) is 0 Å². The molecule has 0 heterocycles. The molecule has 2 aromatic rings. The minimum absolute atomic E-state index is 0.0702. The van der Waals surface area contributed by atoms with Gasteiger partial charge in [0.15, 0.2) is 0 Å². The molecule has 0 fully saturated rings. The third-order valence-electron chi connectivity index (χ3n) is 2.44. The average molecular weight is 237 g/mol. The molecule has 0 aliphatic heterocycles. The number of nitrogens with zero attached hydrogens (tertiary/aromatic N) is 1. The van der Waals surface area contributed by atoms with E-state index in [4.69, 9.17) is 5.26 Å². The van der Waals surface area contributed by atoms with E-state index in [0.29, 0.717) is 11.1 Å². The highest BCUT2D eigenvalue weighted by molar-refractivity contribution is 5.90. The molecule has 0 aliphatic carbocycles. The summed E-state index contributed by atoms with van der Waals surface area (Å²) in [6, 6.07) is 15.6. The van der Waals surface area contributed by atoms with Gasteiger partial charge in [0.05, 0.1) is 11.6 Å². The summed E-state index contributed by atoms with van der Waals surface area (Å²) >= 11 is 0. The Morgan fingerprint density at radius 2 is 1.61 bits per heavy atom. The van der Waals surface area contributed by atoms with E-state index in [1.807, 2.05) is 30.3 Å². The molecule has 0 saturated carbocycles. The standard InChI is InChI=1S/C15H11NO2/c16-10-13(6-11-4-2-1-3-5-11)12-7-14(17)9-15(18)8-12/h1-9,17-18H/b13-6+. The van der Waals surface area contributed by atoms with Crippen LogP contribution in [0.5, 0.6) is 11.5 Å². The number of benzene rings is 2. The number of hydrogen-bond donors (Lipinski definition) is 2. The largest absolute Gasteiger partial charge is 0.508 e. The summed E-state index contributed by atoms with van der Waals surface area (Å²) in [5, 5.41) is 28.0. The molecule has 2 aromatic carbocycles. The highest BCUT2D eigenvalue weighted by Gasteiger charge is 2.04. The number of phenolic OH excluding ortho intramolecular Hbond substituents is 2. The first-order valence-corrected chi connectivity index (χ1v) is 5.39. The summed E-state index contributed by atoms with van der Waals surface area (Å²) in [5.74, 6) is -0.140. The monoisotopic (exact) mass is 237 g/mol. The van der Waals surface area contributed by atoms with Crippen molar-refractivity contribution < 1.29 is 10.2 Å². The third kappa shape index (κ3) is 2.69. The van der Waals surface area contributed by atoms with E-state index in [1.165, 1.54) is 18.2 Å². The van der Waals surface area contributed by atoms with E-state index >= 15 is 0 Å². The zero-order valence-corrected chi connectivity index (χ0v) is 9.54. The van der Waals surface area contributed by atoms with E-state index in [2.05, 4.69) is 6.07 Å². The minimum atomic E-state index is -0.0702. The summed E-state index contributed by atoms with van der Waals surface area (Å²) in [7, 11) is 0. The van der Waals surface area contributed by atoms with Crippen molar-refractivity contribution in [2.45, 2.75) is 0 Å². The fraction of sp³-hybridized carbons (Fsp3) is 0.